The van der Waals surface area contributed by atoms with Gasteiger partial charge in [-0.25, -0.2) is 0 Å². The monoisotopic (exact) mass is 321 g/mol. The first-order valence-corrected chi connectivity index (χ1v) is 8.05. The number of nitrogens with one attached hydrogen (secondary N) is 1. The van der Waals surface area contributed by atoms with Gasteiger partial charge in [-0.05, 0) is 55.8 Å². The molecule has 6 heteroatoms. The average molecular weight is 321 g/mol. The van der Waals surface area contributed by atoms with E-state index in [9.17, 15) is 13.2 Å². The van der Waals surface area contributed by atoms with Gasteiger partial charge in [0.1, 0.15) is 5.75 Å². The Kier molecular flexibility index (Phi) is 7.96. The van der Waals surface area contributed by atoms with E-state index in [1.807, 2.05) is 12.1 Å². The number of benzene rings is 1. The van der Waals surface area contributed by atoms with Gasteiger partial charge in [0.2, 0.25) is 0 Å². The summed E-state index contributed by atoms with van der Waals surface area (Å²) in [6.07, 6.45) is 2.03. The minimum atomic E-state index is -4.19. The molecule has 0 spiro atoms. The number of ether oxygens (including phenoxy) is 1. The van der Waals surface area contributed by atoms with Crippen LogP contribution in [0.25, 0.3) is 0 Å². The van der Waals surface area contributed by atoms with Crippen molar-refractivity contribution in [3.63, 3.8) is 0 Å². The van der Waals surface area contributed by atoms with Crippen LogP contribution in [0, 0.1) is 0 Å². The van der Waals surface area contributed by atoms with E-state index in [2.05, 4.69) is 19.2 Å². The largest absolute Gasteiger partial charge is 0.493 e. The highest BCUT2D eigenvalue weighted by atomic mass is 32.2. The van der Waals surface area contributed by atoms with Gasteiger partial charge in [-0.2, -0.15) is 13.2 Å². The van der Waals surface area contributed by atoms with Crippen LogP contribution in [-0.2, 0) is 6.42 Å². The molecule has 0 aliphatic carbocycles. The minimum absolute atomic E-state index is 0.0536. The van der Waals surface area contributed by atoms with Crippen molar-refractivity contribution < 1.29 is 17.9 Å². The smallest absolute Gasteiger partial charge is 0.441 e. The molecule has 2 nitrogen and oxygen atoms in total. The molecule has 0 radical (unpaired) electrons. The topological polar surface area (TPSA) is 21.3 Å². The summed E-state index contributed by atoms with van der Waals surface area (Å²) in [7, 11) is 0. The normalized spacial score (nSPS) is 13.2. The minimum Gasteiger partial charge on any atom is -0.493 e. The van der Waals surface area contributed by atoms with E-state index in [1.54, 1.807) is 12.1 Å². The Hall–Kier alpha value is -0.880. The van der Waals surface area contributed by atoms with Gasteiger partial charge in [0.15, 0.2) is 0 Å². The molecule has 1 N–H and O–H groups in total. The fraction of sp³-hybridized carbons (Fsp3) is 0.600. The van der Waals surface area contributed by atoms with Gasteiger partial charge in [0.05, 0.1) is 6.61 Å². The lowest BCUT2D eigenvalue weighted by atomic mass is 10.1. The van der Waals surface area contributed by atoms with Crippen LogP contribution in [0.3, 0.4) is 0 Å². The lowest BCUT2D eigenvalue weighted by Crippen LogP contribution is -2.28. The number of hydrogen-bond donors (Lipinski definition) is 1. The zero-order valence-corrected chi connectivity index (χ0v) is 13.2. The summed E-state index contributed by atoms with van der Waals surface area (Å²) in [4.78, 5) is 0. The number of rotatable bonds is 9. The predicted octanol–water partition coefficient (Wildman–Crippen LogP) is 4.25. The second kappa shape index (κ2) is 9.20. The van der Waals surface area contributed by atoms with Gasteiger partial charge in [0, 0.05) is 11.8 Å². The van der Waals surface area contributed by atoms with E-state index in [4.69, 9.17) is 4.74 Å². The Labute approximate surface area is 128 Å². The van der Waals surface area contributed by atoms with Crippen LogP contribution in [0.2, 0.25) is 0 Å². The van der Waals surface area contributed by atoms with E-state index >= 15 is 0 Å². The summed E-state index contributed by atoms with van der Waals surface area (Å²) in [6, 6.07) is 7.92. The molecule has 0 aromatic heterocycles. The quantitative estimate of drug-likeness (QED) is 0.687. The first kappa shape index (κ1) is 18.2. The standard InChI is InChI=1S/C15H22F3NOS/c1-3-8-19-12(2)11-13-4-6-14(7-5-13)20-9-10-21-15(16,17)18/h4-7,12,19H,3,8-11H2,1-2H3. The summed E-state index contributed by atoms with van der Waals surface area (Å²) >= 11 is -0.0613. The Morgan fingerprint density at radius 1 is 1.24 bits per heavy atom. The fourth-order valence-corrected chi connectivity index (χ4v) is 2.25. The number of halogens is 3. The Balaban J connectivity index is 2.30. The van der Waals surface area contributed by atoms with Crippen molar-refractivity contribution in [2.24, 2.45) is 0 Å². The number of thioether (sulfide) groups is 1. The first-order chi connectivity index (χ1) is 9.90. The molecule has 0 saturated carbocycles. The third kappa shape index (κ3) is 8.88. The summed E-state index contributed by atoms with van der Waals surface area (Å²) in [5, 5.41) is 3.41. The lowest BCUT2D eigenvalue weighted by molar-refractivity contribution is -0.0329. The molecule has 0 bridgehead atoms. The van der Waals surface area contributed by atoms with Gasteiger partial charge >= 0.3 is 5.51 Å². The SMILES string of the molecule is CCCNC(C)Cc1ccc(OCCSC(F)(F)F)cc1. The van der Waals surface area contributed by atoms with Crippen LogP contribution >= 0.6 is 11.8 Å². The van der Waals surface area contributed by atoms with E-state index in [0.29, 0.717) is 11.8 Å². The first-order valence-electron chi connectivity index (χ1n) is 7.06. The number of alkyl halides is 3. The maximum atomic E-state index is 11.9. The van der Waals surface area contributed by atoms with Crippen LogP contribution in [-0.4, -0.2) is 30.5 Å². The molecule has 1 rings (SSSR count). The van der Waals surface area contributed by atoms with Crippen molar-refractivity contribution in [1.82, 2.24) is 5.32 Å². The Morgan fingerprint density at radius 3 is 2.48 bits per heavy atom. The highest BCUT2D eigenvalue weighted by Gasteiger charge is 2.27. The maximum Gasteiger partial charge on any atom is 0.441 e. The molecule has 0 aliphatic rings. The van der Waals surface area contributed by atoms with Gasteiger partial charge < -0.3 is 10.1 Å². The maximum absolute atomic E-state index is 11.9. The van der Waals surface area contributed by atoms with Gasteiger partial charge in [-0.15, -0.1) is 0 Å². The molecule has 120 valence electrons. The van der Waals surface area contributed by atoms with Crippen LogP contribution in [0.4, 0.5) is 13.2 Å². The van der Waals surface area contributed by atoms with Crippen molar-refractivity contribution in [1.29, 1.82) is 0 Å². The van der Waals surface area contributed by atoms with Crippen molar-refractivity contribution in [3.8, 4) is 5.75 Å². The zero-order valence-electron chi connectivity index (χ0n) is 12.4. The molecule has 0 heterocycles. The molecule has 1 aromatic rings. The van der Waals surface area contributed by atoms with Crippen molar-refractivity contribution in [3.05, 3.63) is 29.8 Å². The zero-order chi connectivity index (χ0) is 15.7. The summed E-state index contributed by atoms with van der Waals surface area (Å²) in [5.41, 5.74) is -3.00. The second-order valence-corrected chi connectivity index (χ2v) is 6.01. The molecular formula is C15H22F3NOS. The van der Waals surface area contributed by atoms with Crippen LogP contribution < -0.4 is 10.1 Å². The molecule has 1 unspecified atom stereocenters. The van der Waals surface area contributed by atoms with Crippen LogP contribution in [0.5, 0.6) is 5.75 Å². The third-order valence-corrected chi connectivity index (χ3v) is 3.52. The van der Waals surface area contributed by atoms with Crippen molar-refractivity contribution >= 4 is 11.8 Å². The Morgan fingerprint density at radius 2 is 1.90 bits per heavy atom. The molecule has 0 saturated heterocycles. The fourth-order valence-electron chi connectivity index (χ4n) is 1.86. The average Bonchev–Trinajstić information content (AvgIpc) is 2.42. The van der Waals surface area contributed by atoms with Crippen molar-refractivity contribution in [2.45, 2.75) is 38.2 Å². The third-order valence-electron chi connectivity index (χ3n) is 2.83. The van der Waals surface area contributed by atoms with E-state index < -0.39 is 5.51 Å². The van der Waals surface area contributed by atoms with Gasteiger partial charge in [0.25, 0.3) is 0 Å². The van der Waals surface area contributed by atoms with E-state index in [-0.39, 0.29) is 24.1 Å². The highest BCUT2D eigenvalue weighted by Crippen LogP contribution is 2.29. The molecule has 0 aliphatic heterocycles. The van der Waals surface area contributed by atoms with Crippen molar-refractivity contribution in [2.75, 3.05) is 18.9 Å². The molecule has 0 fully saturated rings. The van der Waals surface area contributed by atoms with Gasteiger partial charge in [-0.3, -0.25) is 0 Å². The summed E-state index contributed by atoms with van der Waals surface area (Å²) < 4.78 is 41.1. The molecule has 1 atom stereocenters. The van der Waals surface area contributed by atoms with E-state index in [1.165, 1.54) is 5.56 Å². The van der Waals surface area contributed by atoms with E-state index in [0.717, 1.165) is 19.4 Å². The van der Waals surface area contributed by atoms with Gasteiger partial charge in [-0.1, -0.05) is 19.1 Å². The van der Waals surface area contributed by atoms with Crippen LogP contribution in [0.1, 0.15) is 25.8 Å². The van der Waals surface area contributed by atoms with Crippen LogP contribution in [0.15, 0.2) is 24.3 Å². The molecular weight excluding hydrogens is 299 g/mol. The number of hydrogen-bond acceptors (Lipinski definition) is 3. The highest BCUT2D eigenvalue weighted by molar-refractivity contribution is 8.00. The predicted molar refractivity (Wildman–Crippen MR) is 81.9 cm³/mol. The molecule has 0 amide bonds. The Bertz CT molecular complexity index is 395. The lowest BCUT2D eigenvalue weighted by Gasteiger charge is -2.13. The summed E-state index contributed by atoms with van der Waals surface area (Å²) in [6.45, 7) is 5.31. The summed E-state index contributed by atoms with van der Waals surface area (Å²) in [5.74, 6) is 0.513. The molecule has 1 aromatic carbocycles. The second-order valence-electron chi connectivity index (χ2n) is 4.85. The molecule has 21 heavy (non-hydrogen) atoms.